The van der Waals surface area contributed by atoms with Crippen LogP contribution in [0, 0.1) is 6.92 Å². The first kappa shape index (κ1) is 13.7. The zero-order chi connectivity index (χ0) is 13.8. The quantitative estimate of drug-likeness (QED) is 0.605. The average molecular weight is 260 g/mol. The van der Waals surface area contributed by atoms with Crippen LogP contribution in [0.4, 0.5) is 0 Å². The van der Waals surface area contributed by atoms with Gasteiger partial charge in [0.15, 0.2) is 0 Å². The molecule has 2 aromatic rings. The molecule has 3 heteroatoms. The van der Waals surface area contributed by atoms with Crippen molar-refractivity contribution in [1.29, 1.82) is 0 Å². The number of aryl methyl sites for hydroxylation is 2. The Bertz CT molecular complexity index is 626. The van der Waals surface area contributed by atoms with E-state index in [9.17, 15) is 4.79 Å². The summed E-state index contributed by atoms with van der Waals surface area (Å²) < 4.78 is 10.7. The van der Waals surface area contributed by atoms with E-state index in [4.69, 9.17) is 9.15 Å². The molecule has 0 fully saturated rings. The first-order valence-corrected chi connectivity index (χ1v) is 6.77. The Labute approximate surface area is 113 Å². The third-order valence-electron chi connectivity index (χ3n) is 3.35. The van der Waals surface area contributed by atoms with Gasteiger partial charge in [-0.25, -0.2) is 4.79 Å². The van der Waals surface area contributed by atoms with Crippen LogP contribution < -0.4 is 10.4 Å². The standard InChI is InChI=1S/C16H20O3/c1-4-5-6-7-12-9-13(18-3)16-11(2)8-15(17)19-14(16)10-12/h8-10H,4-7H2,1-3H3. The SMILES string of the molecule is CCCCCc1cc(OC)c2c(C)cc(=O)oc2c1. The van der Waals surface area contributed by atoms with Gasteiger partial charge in [-0.05, 0) is 43.0 Å². The first-order chi connectivity index (χ1) is 9.15. The molecule has 3 nitrogen and oxygen atoms in total. The second-order valence-electron chi connectivity index (χ2n) is 4.88. The molecule has 0 N–H and O–H groups in total. The van der Waals surface area contributed by atoms with Crippen molar-refractivity contribution in [3.05, 3.63) is 39.7 Å². The second-order valence-corrected chi connectivity index (χ2v) is 4.88. The molecule has 0 radical (unpaired) electrons. The van der Waals surface area contributed by atoms with E-state index in [0.717, 1.165) is 35.1 Å². The van der Waals surface area contributed by atoms with Crippen molar-refractivity contribution < 1.29 is 9.15 Å². The van der Waals surface area contributed by atoms with Crippen LogP contribution in [-0.4, -0.2) is 7.11 Å². The van der Waals surface area contributed by atoms with Gasteiger partial charge in [-0.2, -0.15) is 0 Å². The lowest BCUT2D eigenvalue weighted by molar-refractivity contribution is 0.417. The van der Waals surface area contributed by atoms with E-state index in [2.05, 4.69) is 6.92 Å². The molecule has 0 bridgehead atoms. The maximum Gasteiger partial charge on any atom is 0.336 e. The molecular weight excluding hydrogens is 240 g/mol. The Hall–Kier alpha value is -1.77. The van der Waals surface area contributed by atoms with Gasteiger partial charge < -0.3 is 9.15 Å². The highest BCUT2D eigenvalue weighted by Gasteiger charge is 2.10. The second kappa shape index (κ2) is 5.91. The van der Waals surface area contributed by atoms with Crippen molar-refractivity contribution in [2.75, 3.05) is 7.11 Å². The van der Waals surface area contributed by atoms with Crippen LogP contribution in [0.2, 0.25) is 0 Å². The number of ether oxygens (including phenoxy) is 1. The van der Waals surface area contributed by atoms with Crippen molar-refractivity contribution in [3.63, 3.8) is 0 Å². The summed E-state index contributed by atoms with van der Waals surface area (Å²) in [5.74, 6) is 0.783. The summed E-state index contributed by atoms with van der Waals surface area (Å²) in [5.41, 5.74) is 2.36. The predicted octanol–water partition coefficient (Wildman–Crippen LogP) is 3.84. The van der Waals surface area contributed by atoms with Crippen LogP contribution in [-0.2, 0) is 6.42 Å². The summed E-state index contributed by atoms with van der Waals surface area (Å²) in [5, 5.41) is 0.890. The summed E-state index contributed by atoms with van der Waals surface area (Å²) in [6.07, 6.45) is 4.52. The van der Waals surface area contributed by atoms with E-state index < -0.39 is 0 Å². The molecular formula is C16H20O3. The fraction of sp³-hybridized carbons (Fsp3) is 0.438. The number of rotatable bonds is 5. The Morgan fingerprint density at radius 2 is 2.00 bits per heavy atom. The molecule has 19 heavy (non-hydrogen) atoms. The van der Waals surface area contributed by atoms with Gasteiger partial charge in [-0.15, -0.1) is 0 Å². The minimum absolute atomic E-state index is 0.308. The average Bonchev–Trinajstić information content (AvgIpc) is 2.37. The van der Waals surface area contributed by atoms with E-state index in [1.54, 1.807) is 7.11 Å². The number of methoxy groups -OCH3 is 1. The topological polar surface area (TPSA) is 39.4 Å². The molecule has 0 amide bonds. The number of hydrogen-bond acceptors (Lipinski definition) is 3. The van der Waals surface area contributed by atoms with Crippen LogP contribution in [0.3, 0.4) is 0 Å². The smallest absolute Gasteiger partial charge is 0.336 e. The summed E-state index contributed by atoms with van der Waals surface area (Å²) >= 11 is 0. The van der Waals surface area contributed by atoms with Gasteiger partial charge in [0.2, 0.25) is 0 Å². The monoisotopic (exact) mass is 260 g/mol. The van der Waals surface area contributed by atoms with Gasteiger partial charge in [-0.1, -0.05) is 19.8 Å². The Kier molecular flexibility index (Phi) is 4.25. The van der Waals surface area contributed by atoms with Crippen molar-refractivity contribution >= 4 is 11.0 Å². The van der Waals surface area contributed by atoms with Gasteiger partial charge >= 0.3 is 5.63 Å². The van der Waals surface area contributed by atoms with Gasteiger partial charge in [0.25, 0.3) is 0 Å². The third kappa shape index (κ3) is 2.98. The number of hydrogen-bond donors (Lipinski definition) is 0. The molecule has 1 aromatic heterocycles. The molecule has 0 aliphatic heterocycles. The summed E-state index contributed by atoms with van der Waals surface area (Å²) in [4.78, 5) is 11.5. The van der Waals surface area contributed by atoms with Crippen molar-refractivity contribution in [2.45, 2.75) is 39.5 Å². The molecule has 2 rings (SSSR count). The van der Waals surface area contributed by atoms with Crippen molar-refractivity contribution in [3.8, 4) is 5.75 Å². The van der Waals surface area contributed by atoms with Crippen LogP contribution in [0.15, 0.2) is 27.4 Å². The third-order valence-corrected chi connectivity index (χ3v) is 3.35. The summed E-state index contributed by atoms with van der Waals surface area (Å²) in [7, 11) is 1.65. The normalized spacial score (nSPS) is 10.9. The van der Waals surface area contributed by atoms with E-state index in [1.165, 1.54) is 18.9 Å². The lowest BCUT2D eigenvalue weighted by Crippen LogP contribution is -2.00. The summed E-state index contributed by atoms with van der Waals surface area (Å²) in [6, 6.07) is 5.51. The van der Waals surface area contributed by atoms with E-state index >= 15 is 0 Å². The van der Waals surface area contributed by atoms with Gasteiger partial charge in [-0.3, -0.25) is 0 Å². The summed E-state index contributed by atoms with van der Waals surface area (Å²) in [6.45, 7) is 4.09. The van der Waals surface area contributed by atoms with Gasteiger partial charge in [0.1, 0.15) is 11.3 Å². The fourth-order valence-corrected chi connectivity index (χ4v) is 2.38. The number of fused-ring (bicyclic) bond motifs is 1. The Morgan fingerprint density at radius 3 is 2.68 bits per heavy atom. The molecule has 0 aliphatic carbocycles. The first-order valence-electron chi connectivity index (χ1n) is 6.77. The van der Waals surface area contributed by atoms with Crippen LogP contribution in [0.1, 0.15) is 37.3 Å². The lowest BCUT2D eigenvalue weighted by atomic mass is 10.0. The molecule has 0 atom stereocenters. The number of unbranched alkanes of at least 4 members (excludes halogenated alkanes) is 2. The molecule has 0 saturated carbocycles. The Balaban J connectivity index is 2.49. The van der Waals surface area contributed by atoms with Crippen LogP contribution in [0.25, 0.3) is 11.0 Å². The highest BCUT2D eigenvalue weighted by molar-refractivity contribution is 5.87. The minimum Gasteiger partial charge on any atom is -0.496 e. The zero-order valence-corrected chi connectivity index (χ0v) is 11.8. The number of benzene rings is 1. The van der Waals surface area contributed by atoms with Crippen molar-refractivity contribution in [1.82, 2.24) is 0 Å². The van der Waals surface area contributed by atoms with E-state index in [0.29, 0.717) is 5.58 Å². The lowest BCUT2D eigenvalue weighted by Gasteiger charge is -2.10. The van der Waals surface area contributed by atoms with Crippen LogP contribution >= 0.6 is 0 Å². The molecule has 0 spiro atoms. The van der Waals surface area contributed by atoms with Crippen molar-refractivity contribution in [2.24, 2.45) is 0 Å². The van der Waals surface area contributed by atoms with Gasteiger partial charge in [0, 0.05) is 6.07 Å². The van der Waals surface area contributed by atoms with Gasteiger partial charge in [0.05, 0.1) is 12.5 Å². The highest BCUT2D eigenvalue weighted by Crippen LogP contribution is 2.29. The molecule has 0 aliphatic rings. The molecule has 1 aromatic carbocycles. The zero-order valence-electron chi connectivity index (χ0n) is 11.8. The minimum atomic E-state index is -0.308. The molecule has 0 saturated heterocycles. The fourth-order valence-electron chi connectivity index (χ4n) is 2.38. The molecule has 1 heterocycles. The largest absolute Gasteiger partial charge is 0.496 e. The Morgan fingerprint density at radius 1 is 1.21 bits per heavy atom. The predicted molar refractivity (Wildman–Crippen MR) is 77.0 cm³/mol. The highest BCUT2D eigenvalue weighted by atomic mass is 16.5. The maximum atomic E-state index is 11.5. The molecule has 102 valence electrons. The van der Waals surface area contributed by atoms with E-state index in [1.807, 2.05) is 19.1 Å². The maximum absolute atomic E-state index is 11.5. The molecule has 0 unspecified atom stereocenters. The van der Waals surface area contributed by atoms with Crippen LogP contribution in [0.5, 0.6) is 5.75 Å². The van der Waals surface area contributed by atoms with E-state index in [-0.39, 0.29) is 5.63 Å².